The highest BCUT2D eigenvalue weighted by Gasteiger charge is 2.22. The van der Waals surface area contributed by atoms with E-state index >= 15 is 0 Å². The predicted molar refractivity (Wildman–Crippen MR) is 89.2 cm³/mol. The van der Waals surface area contributed by atoms with Gasteiger partial charge >= 0.3 is 0 Å². The summed E-state index contributed by atoms with van der Waals surface area (Å²) in [4.78, 5) is 15.6. The Balaban J connectivity index is 1.46. The molecule has 0 bridgehead atoms. The summed E-state index contributed by atoms with van der Waals surface area (Å²) in [6.07, 6.45) is 9.86. The average Bonchev–Trinajstić information content (AvgIpc) is 2.97. The zero-order chi connectivity index (χ0) is 15.6. The third-order valence-electron chi connectivity index (χ3n) is 4.65. The summed E-state index contributed by atoms with van der Waals surface area (Å²) in [7, 11) is 0. The zero-order valence-electron chi connectivity index (χ0n) is 13.4. The molecule has 0 spiro atoms. The molecule has 118 valence electrons. The van der Waals surface area contributed by atoms with E-state index in [0.29, 0.717) is 5.92 Å². The maximum atomic E-state index is 4.58. The van der Waals surface area contributed by atoms with Gasteiger partial charge < -0.3 is 4.40 Å². The molecule has 5 heteroatoms. The zero-order valence-corrected chi connectivity index (χ0v) is 13.4. The van der Waals surface area contributed by atoms with Crippen LogP contribution in [0.3, 0.4) is 0 Å². The third-order valence-corrected chi connectivity index (χ3v) is 4.65. The van der Waals surface area contributed by atoms with Crippen LogP contribution in [0.2, 0.25) is 0 Å². The molecular weight excluding hydrogens is 286 g/mol. The maximum absolute atomic E-state index is 4.58. The molecule has 1 aliphatic heterocycles. The van der Waals surface area contributed by atoms with Gasteiger partial charge in [-0.25, -0.2) is 4.98 Å². The summed E-state index contributed by atoms with van der Waals surface area (Å²) in [5, 5.41) is 0. The van der Waals surface area contributed by atoms with Crippen LogP contribution < -0.4 is 0 Å². The van der Waals surface area contributed by atoms with Crippen molar-refractivity contribution in [3.63, 3.8) is 0 Å². The molecule has 5 nitrogen and oxygen atoms in total. The van der Waals surface area contributed by atoms with Crippen molar-refractivity contribution in [1.82, 2.24) is 24.3 Å². The van der Waals surface area contributed by atoms with Gasteiger partial charge in [0.05, 0.1) is 11.4 Å². The summed E-state index contributed by atoms with van der Waals surface area (Å²) >= 11 is 0. The second-order valence-corrected chi connectivity index (χ2v) is 6.31. The van der Waals surface area contributed by atoms with Crippen LogP contribution in [0, 0.1) is 6.92 Å². The molecule has 3 aromatic heterocycles. The SMILES string of the molecule is Cc1cn2c(C3CCN(Cc4cnccn4)CC3)cccc2n1. The minimum atomic E-state index is 0.602. The van der Waals surface area contributed by atoms with Crippen molar-refractivity contribution in [2.45, 2.75) is 32.2 Å². The van der Waals surface area contributed by atoms with Crippen molar-refractivity contribution < 1.29 is 0 Å². The minimum Gasteiger partial charge on any atom is -0.304 e. The van der Waals surface area contributed by atoms with Crippen LogP contribution in [-0.4, -0.2) is 37.3 Å². The van der Waals surface area contributed by atoms with Crippen molar-refractivity contribution in [3.8, 4) is 0 Å². The average molecular weight is 307 g/mol. The quantitative estimate of drug-likeness (QED) is 0.746. The van der Waals surface area contributed by atoms with Gasteiger partial charge in [0.1, 0.15) is 5.65 Å². The Morgan fingerprint density at radius 2 is 2.04 bits per heavy atom. The van der Waals surface area contributed by atoms with Gasteiger partial charge in [-0.05, 0) is 45.0 Å². The molecular formula is C18H21N5. The molecule has 23 heavy (non-hydrogen) atoms. The lowest BCUT2D eigenvalue weighted by Crippen LogP contribution is -2.33. The molecule has 0 N–H and O–H groups in total. The maximum Gasteiger partial charge on any atom is 0.137 e. The number of imidazole rings is 1. The number of piperidine rings is 1. The smallest absolute Gasteiger partial charge is 0.137 e. The largest absolute Gasteiger partial charge is 0.304 e. The number of rotatable bonds is 3. The normalized spacial score (nSPS) is 16.9. The van der Waals surface area contributed by atoms with Crippen LogP contribution in [0.4, 0.5) is 0 Å². The van der Waals surface area contributed by atoms with E-state index in [1.165, 1.54) is 18.5 Å². The van der Waals surface area contributed by atoms with Crippen LogP contribution in [0.5, 0.6) is 0 Å². The molecule has 0 aliphatic carbocycles. The van der Waals surface area contributed by atoms with E-state index in [1.807, 2.05) is 6.20 Å². The molecule has 0 radical (unpaired) electrons. The van der Waals surface area contributed by atoms with E-state index < -0.39 is 0 Å². The molecule has 0 atom stereocenters. The summed E-state index contributed by atoms with van der Waals surface area (Å²) in [6, 6.07) is 6.46. The Labute approximate surface area is 136 Å². The molecule has 1 fully saturated rings. The highest BCUT2D eigenvalue weighted by molar-refractivity contribution is 5.42. The number of nitrogens with zero attached hydrogens (tertiary/aromatic N) is 5. The number of fused-ring (bicyclic) bond motifs is 1. The highest BCUT2D eigenvalue weighted by atomic mass is 15.1. The number of aromatic nitrogens is 4. The van der Waals surface area contributed by atoms with Gasteiger partial charge in [-0.2, -0.15) is 0 Å². The van der Waals surface area contributed by atoms with Crippen LogP contribution >= 0.6 is 0 Å². The fourth-order valence-electron chi connectivity index (χ4n) is 3.51. The second kappa shape index (κ2) is 6.08. The fraction of sp³-hybridized carbons (Fsp3) is 0.389. The molecule has 1 aliphatic rings. The predicted octanol–water partition coefficient (Wildman–Crippen LogP) is 2.81. The first-order valence-corrected chi connectivity index (χ1v) is 8.21. The van der Waals surface area contributed by atoms with Gasteiger partial charge in [-0.15, -0.1) is 0 Å². The van der Waals surface area contributed by atoms with Crippen LogP contribution in [0.15, 0.2) is 43.0 Å². The third kappa shape index (κ3) is 2.97. The van der Waals surface area contributed by atoms with Crippen LogP contribution in [0.1, 0.15) is 35.8 Å². The van der Waals surface area contributed by atoms with E-state index in [-0.39, 0.29) is 0 Å². The lowest BCUT2D eigenvalue weighted by molar-refractivity contribution is 0.200. The molecule has 0 unspecified atom stereocenters. The number of hydrogen-bond acceptors (Lipinski definition) is 4. The van der Waals surface area contributed by atoms with Gasteiger partial charge in [0.25, 0.3) is 0 Å². The van der Waals surface area contributed by atoms with E-state index in [4.69, 9.17) is 0 Å². The van der Waals surface area contributed by atoms with Crippen molar-refractivity contribution in [1.29, 1.82) is 0 Å². The highest BCUT2D eigenvalue weighted by Crippen LogP contribution is 2.29. The van der Waals surface area contributed by atoms with Gasteiger partial charge in [-0.3, -0.25) is 14.9 Å². The van der Waals surface area contributed by atoms with Gasteiger partial charge in [-0.1, -0.05) is 6.07 Å². The first-order valence-electron chi connectivity index (χ1n) is 8.21. The van der Waals surface area contributed by atoms with Gasteiger partial charge in [0.15, 0.2) is 0 Å². The second-order valence-electron chi connectivity index (χ2n) is 6.31. The van der Waals surface area contributed by atoms with Gasteiger partial charge in [0, 0.05) is 42.9 Å². The standard InChI is InChI=1S/C18H21N5/c1-14-12-23-17(3-2-4-18(23)21-14)15-5-9-22(10-6-15)13-16-11-19-7-8-20-16/h2-4,7-8,11-12,15H,5-6,9-10,13H2,1H3. The fourth-order valence-corrected chi connectivity index (χ4v) is 3.51. The van der Waals surface area contributed by atoms with Crippen molar-refractivity contribution >= 4 is 5.65 Å². The van der Waals surface area contributed by atoms with Crippen LogP contribution in [0.25, 0.3) is 5.65 Å². The van der Waals surface area contributed by atoms with E-state index in [1.54, 1.807) is 12.4 Å². The first-order chi connectivity index (χ1) is 11.3. The Hall–Kier alpha value is -2.27. The molecule has 0 amide bonds. The summed E-state index contributed by atoms with van der Waals surface area (Å²) in [6.45, 7) is 5.16. The van der Waals surface area contributed by atoms with E-state index in [9.17, 15) is 0 Å². The van der Waals surface area contributed by atoms with Crippen molar-refractivity contribution in [2.24, 2.45) is 0 Å². The van der Waals surface area contributed by atoms with E-state index in [0.717, 1.165) is 36.7 Å². The molecule has 0 saturated carbocycles. The topological polar surface area (TPSA) is 46.3 Å². The molecule has 4 rings (SSSR count). The Bertz CT molecular complexity index is 788. The lowest BCUT2D eigenvalue weighted by atomic mass is 9.92. The molecule has 3 aromatic rings. The molecule has 0 aromatic carbocycles. The van der Waals surface area contributed by atoms with E-state index in [2.05, 4.69) is 55.6 Å². The Kier molecular flexibility index (Phi) is 3.79. The Morgan fingerprint density at radius 1 is 1.17 bits per heavy atom. The number of aryl methyl sites for hydroxylation is 1. The summed E-state index contributed by atoms with van der Waals surface area (Å²) < 4.78 is 2.26. The lowest BCUT2D eigenvalue weighted by Gasteiger charge is -2.32. The Morgan fingerprint density at radius 3 is 2.83 bits per heavy atom. The number of pyridine rings is 1. The molecule has 1 saturated heterocycles. The van der Waals surface area contributed by atoms with Crippen molar-refractivity contribution in [2.75, 3.05) is 13.1 Å². The van der Waals surface area contributed by atoms with Crippen molar-refractivity contribution in [3.05, 3.63) is 60.1 Å². The van der Waals surface area contributed by atoms with Crippen LogP contribution in [-0.2, 0) is 6.54 Å². The number of hydrogen-bond donors (Lipinski definition) is 0. The number of likely N-dealkylation sites (tertiary alicyclic amines) is 1. The first kappa shape index (κ1) is 14.3. The summed E-state index contributed by atoms with van der Waals surface area (Å²) in [5.41, 5.74) is 4.58. The monoisotopic (exact) mass is 307 g/mol. The minimum absolute atomic E-state index is 0.602. The molecule has 4 heterocycles. The van der Waals surface area contributed by atoms with Gasteiger partial charge in [0.2, 0.25) is 0 Å². The summed E-state index contributed by atoms with van der Waals surface area (Å²) in [5.74, 6) is 0.602.